The highest BCUT2D eigenvalue weighted by molar-refractivity contribution is 5.77. The minimum Gasteiger partial charge on any atom is -0.362 e. The molecule has 7 heteroatoms. The molecule has 0 radical (unpaired) electrons. The number of rotatable bonds is 6. The predicted molar refractivity (Wildman–Crippen MR) is 48.1 cm³/mol. The van der Waals surface area contributed by atoms with Crippen LogP contribution in [0.5, 0.6) is 0 Å². The molecule has 1 amide bonds. The van der Waals surface area contributed by atoms with E-state index in [0.29, 0.717) is 13.1 Å². The molecule has 0 aliphatic rings. The Kier molecular flexibility index (Phi) is 6.26. The number of carbonyl (C=O) groups excluding carboxylic acids is 1. The van der Waals surface area contributed by atoms with Crippen molar-refractivity contribution in [2.24, 2.45) is 11.7 Å². The van der Waals surface area contributed by atoms with Crippen LogP contribution in [0.4, 0.5) is 13.2 Å². The highest BCUT2D eigenvalue weighted by Gasteiger charge is 2.27. The second-order valence-electron chi connectivity index (χ2n) is 3.25. The zero-order valence-electron chi connectivity index (χ0n) is 8.43. The molecule has 15 heavy (non-hydrogen) atoms. The lowest BCUT2D eigenvalue weighted by molar-refractivity contribution is -0.175. The maximum Gasteiger partial charge on any atom is 0.411 e. The SMILES string of the molecule is CC(CN)CNC(=O)COCC(F)(F)F. The first-order valence-electron chi connectivity index (χ1n) is 4.46. The fourth-order valence-corrected chi connectivity index (χ4v) is 0.682. The van der Waals surface area contributed by atoms with Crippen LogP contribution in [0, 0.1) is 5.92 Å². The molecular weight excluding hydrogens is 213 g/mol. The van der Waals surface area contributed by atoms with Gasteiger partial charge in [-0.2, -0.15) is 13.2 Å². The van der Waals surface area contributed by atoms with E-state index in [2.05, 4.69) is 10.1 Å². The number of ether oxygens (including phenoxy) is 1. The Balaban J connectivity index is 3.50. The van der Waals surface area contributed by atoms with Gasteiger partial charge in [0.15, 0.2) is 0 Å². The first-order chi connectivity index (χ1) is 6.85. The van der Waals surface area contributed by atoms with E-state index in [9.17, 15) is 18.0 Å². The van der Waals surface area contributed by atoms with E-state index in [-0.39, 0.29) is 5.92 Å². The van der Waals surface area contributed by atoms with Crippen LogP contribution < -0.4 is 11.1 Å². The third-order valence-electron chi connectivity index (χ3n) is 1.55. The lowest BCUT2D eigenvalue weighted by Crippen LogP contribution is -2.34. The van der Waals surface area contributed by atoms with Crippen molar-refractivity contribution in [2.45, 2.75) is 13.1 Å². The van der Waals surface area contributed by atoms with Gasteiger partial charge >= 0.3 is 6.18 Å². The molecule has 1 unspecified atom stereocenters. The number of nitrogens with two attached hydrogens (primary N) is 1. The molecule has 3 N–H and O–H groups in total. The molecule has 0 heterocycles. The summed E-state index contributed by atoms with van der Waals surface area (Å²) in [6.45, 7) is 0.564. The van der Waals surface area contributed by atoms with E-state index in [1.54, 1.807) is 0 Å². The topological polar surface area (TPSA) is 64.3 Å². The molecule has 0 saturated carbocycles. The quantitative estimate of drug-likeness (QED) is 0.686. The van der Waals surface area contributed by atoms with E-state index in [1.807, 2.05) is 6.92 Å². The van der Waals surface area contributed by atoms with Crippen LogP contribution >= 0.6 is 0 Å². The summed E-state index contributed by atoms with van der Waals surface area (Å²) in [6, 6.07) is 0. The molecule has 4 nitrogen and oxygen atoms in total. The van der Waals surface area contributed by atoms with Crippen molar-refractivity contribution in [1.29, 1.82) is 0 Å². The van der Waals surface area contributed by atoms with Gasteiger partial charge in [-0.1, -0.05) is 6.92 Å². The minimum atomic E-state index is -4.40. The Labute approximate surface area is 86.0 Å². The van der Waals surface area contributed by atoms with Crippen molar-refractivity contribution in [3.63, 3.8) is 0 Å². The summed E-state index contributed by atoms with van der Waals surface area (Å²) >= 11 is 0. The maximum absolute atomic E-state index is 11.6. The number of carbonyl (C=O) groups is 1. The summed E-state index contributed by atoms with van der Waals surface area (Å²) in [5.41, 5.74) is 5.28. The molecule has 0 aromatic carbocycles. The minimum absolute atomic E-state index is 0.0940. The predicted octanol–water partition coefficient (Wildman–Crippen LogP) is 0.276. The number of amides is 1. The molecule has 0 aromatic rings. The average molecular weight is 228 g/mol. The van der Waals surface area contributed by atoms with E-state index in [0.717, 1.165) is 0 Å². The lowest BCUT2D eigenvalue weighted by atomic mass is 10.2. The Hall–Kier alpha value is -0.820. The molecule has 0 aromatic heterocycles. The third-order valence-corrected chi connectivity index (χ3v) is 1.55. The summed E-state index contributed by atoms with van der Waals surface area (Å²) in [5, 5.41) is 2.41. The number of halogens is 3. The van der Waals surface area contributed by atoms with E-state index >= 15 is 0 Å². The van der Waals surface area contributed by atoms with Crippen LogP contribution in [0.3, 0.4) is 0 Å². The first-order valence-corrected chi connectivity index (χ1v) is 4.46. The molecule has 0 rings (SSSR count). The van der Waals surface area contributed by atoms with Crippen molar-refractivity contribution in [3.8, 4) is 0 Å². The van der Waals surface area contributed by atoms with Gasteiger partial charge in [0.05, 0.1) is 0 Å². The summed E-state index contributed by atoms with van der Waals surface area (Å²) in [7, 11) is 0. The van der Waals surface area contributed by atoms with E-state index in [4.69, 9.17) is 5.73 Å². The van der Waals surface area contributed by atoms with E-state index in [1.165, 1.54) is 0 Å². The Bertz CT molecular complexity index is 197. The molecule has 0 spiro atoms. The largest absolute Gasteiger partial charge is 0.411 e. The van der Waals surface area contributed by atoms with Crippen LogP contribution in [0.15, 0.2) is 0 Å². The zero-order chi connectivity index (χ0) is 11.9. The normalized spacial score (nSPS) is 13.7. The third kappa shape index (κ3) is 9.48. The molecular formula is C8H15F3N2O2. The molecule has 0 saturated heterocycles. The molecule has 0 aliphatic carbocycles. The van der Waals surface area contributed by atoms with Gasteiger partial charge in [0, 0.05) is 6.54 Å². The Morgan fingerprint density at radius 3 is 2.60 bits per heavy atom. The summed E-state index contributed by atoms with van der Waals surface area (Å²) in [6.07, 6.45) is -4.40. The smallest absolute Gasteiger partial charge is 0.362 e. The number of alkyl halides is 3. The molecule has 0 fully saturated rings. The van der Waals surface area contributed by atoms with Gasteiger partial charge in [-0.05, 0) is 12.5 Å². The zero-order valence-corrected chi connectivity index (χ0v) is 8.43. The molecule has 1 atom stereocenters. The first kappa shape index (κ1) is 14.2. The fraction of sp³-hybridized carbons (Fsp3) is 0.875. The highest BCUT2D eigenvalue weighted by Crippen LogP contribution is 2.13. The Morgan fingerprint density at radius 1 is 1.53 bits per heavy atom. The number of hydrogen-bond donors (Lipinski definition) is 2. The summed E-state index contributed by atoms with van der Waals surface area (Å²) < 4.78 is 39.0. The number of nitrogens with one attached hydrogen (secondary N) is 1. The lowest BCUT2D eigenvalue weighted by Gasteiger charge is -2.11. The molecule has 90 valence electrons. The van der Waals surface area contributed by atoms with Crippen LogP contribution in [-0.4, -0.2) is 38.4 Å². The van der Waals surface area contributed by atoms with Crippen molar-refractivity contribution < 1.29 is 22.7 Å². The van der Waals surface area contributed by atoms with Crippen molar-refractivity contribution in [1.82, 2.24) is 5.32 Å². The van der Waals surface area contributed by atoms with Crippen LogP contribution in [0.1, 0.15) is 6.92 Å². The standard InChI is InChI=1S/C8H15F3N2O2/c1-6(2-12)3-13-7(14)4-15-5-8(9,10)11/h6H,2-5,12H2,1H3,(H,13,14). The highest BCUT2D eigenvalue weighted by atomic mass is 19.4. The second-order valence-corrected chi connectivity index (χ2v) is 3.25. The van der Waals surface area contributed by atoms with Crippen molar-refractivity contribution in [3.05, 3.63) is 0 Å². The van der Waals surface area contributed by atoms with Gasteiger partial charge < -0.3 is 15.8 Å². The monoisotopic (exact) mass is 228 g/mol. The summed E-state index contributed by atoms with van der Waals surface area (Å²) in [4.78, 5) is 10.9. The molecule has 0 bridgehead atoms. The fourth-order valence-electron chi connectivity index (χ4n) is 0.682. The van der Waals surface area contributed by atoms with Crippen LogP contribution in [0.25, 0.3) is 0 Å². The average Bonchev–Trinajstić information content (AvgIpc) is 2.12. The Morgan fingerprint density at radius 2 is 2.13 bits per heavy atom. The maximum atomic E-state index is 11.6. The van der Waals surface area contributed by atoms with Gasteiger partial charge in [-0.3, -0.25) is 4.79 Å². The van der Waals surface area contributed by atoms with Crippen LogP contribution in [0.2, 0.25) is 0 Å². The van der Waals surface area contributed by atoms with Crippen molar-refractivity contribution >= 4 is 5.91 Å². The molecule has 0 aliphatic heterocycles. The van der Waals surface area contributed by atoms with E-state index < -0.39 is 25.3 Å². The van der Waals surface area contributed by atoms with Gasteiger partial charge in [-0.15, -0.1) is 0 Å². The van der Waals surface area contributed by atoms with Gasteiger partial charge in [0.1, 0.15) is 13.2 Å². The van der Waals surface area contributed by atoms with Gasteiger partial charge in [0.2, 0.25) is 5.91 Å². The van der Waals surface area contributed by atoms with Gasteiger partial charge in [-0.25, -0.2) is 0 Å². The van der Waals surface area contributed by atoms with Crippen LogP contribution in [-0.2, 0) is 9.53 Å². The van der Waals surface area contributed by atoms with Gasteiger partial charge in [0.25, 0.3) is 0 Å². The van der Waals surface area contributed by atoms with Crippen molar-refractivity contribution in [2.75, 3.05) is 26.3 Å². The summed E-state index contributed by atoms with van der Waals surface area (Å²) in [5.74, 6) is -0.476. The second kappa shape index (κ2) is 6.62. The number of hydrogen-bond acceptors (Lipinski definition) is 3.